The number of rotatable bonds is 4. The van der Waals surface area contributed by atoms with Gasteiger partial charge in [-0.2, -0.15) is 13.2 Å². The highest BCUT2D eigenvalue weighted by atomic mass is 19.4. The predicted octanol–water partition coefficient (Wildman–Crippen LogP) is 2.14. The summed E-state index contributed by atoms with van der Waals surface area (Å²) >= 11 is 0. The Bertz CT molecular complexity index is 775. The second-order valence-corrected chi connectivity index (χ2v) is 6.59. The number of amides is 4. The van der Waals surface area contributed by atoms with Gasteiger partial charge in [0, 0.05) is 20.1 Å². The smallest absolute Gasteiger partial charge is 0.370 e. The molecule has 4 amide bonds. The van der Waals surface area contributed by atoms with Crippen molar-refractivity contribution < 1.29 is 27.6 Å². The fourth-order valence-electron chi connectivity index (χ4n) is 3.20. The van der Waals surface area contributed by atoms with Crippen molar-refractivity contribution in [3.8, 4) is 0 Å². The van der Waals surface area contributed by atoms with Crippen molar-refractivity contribution in [1.29, 1.82) is 0 Å². The Morgan fingerprint density at radius 3 is 2.41 bits per heavy atom. The number of urea groups is 1. The highest BCUT2D eigenvalue weighted by Crippen LogP contribution is 2.36. The van der Waals surface area contributed by atoms with Gasteiger partial charge >= 0.3 is 12.2 Å². The second-order valence-electron chi connectivity index (χ2n) is 6.59. The summed E-state index contributed by atoms with van der Waals surface area (Å²) < 4.78 is 39.2. The van der Waals surface area contributed by atoms with Crippen LogP contribution in [0.5, 0.6) is 0 Å². The molecule has 2 fully saturated rings. The molecule has 0 aromatic heterocycles. The number of halogens is 3. The van der Waals surface area contributed by atoms with Crippen LogP contribution in [0.2, 0.25) is 0 Å². The molecule has 1 aromatic rings. The maximum atomic E-state index is 13.1. The van der Waals surface area contributed by atoms with E-state index in [1.54, 1.807) is 0 Å². The molecule has 0 saturated carbocycles. The van der Waals surface area contributed by atoms with Gasteiger partial charge in [0.05, 0.1) is 16.9 Å². The summed E-state index contributed by atoms with van der Waals surface area (Å²) in [6.45, 7) is 0.691. The number of likely N-dealkylation sites (N-methyl/N-ethyl adjacent to an activating group) is 1. The monoisotopic (exact) mass is 384 g/mol. The fourth-order valence-corrected chi connectivity index (χ4v) is 3.20. The van der Waals surface area contributed by atoms with E-state index in [0.717, 1.165) is 34.8 Å². The van der Waals surface area contributed by atoms with Crippen LogP contribution in [0.3, 0.4) is 0 Å². The van der Waals surface area contributed by atoms with Gasteiger partial charge in [0.2, 0.25) is 5.91 Å². The average Bonchev–Trinajstić information content (AvgIpc) is 3.19. The Morgan fingerprint density at radius 2 is 1.85 bits per heavy atom. The second kappa shape index (κ2) is 7.09. The molecule has 7 nitrogen and oxygen atoms in total. The first kappa shape index (κ1) is 19.0. The van der Waals surface area contributed by atoms with Crippen molar-refractivity contribution >= 4 is 29.2 Å². The normalized spacial score (nSPS) is 17.9. The number of anilines is 2. The van der Waals surface area contributed by atoms with Crippen LogP contribution < -0.4 is 10.2 Å². The number of imide groups is 1. The Labute approximate surface area is 153 Å². The molecule has 0 unspecified atom stereocenters. The molecule has 146 valence electrons. The number of carbonyl (C=O) groups is 3. The molecule has 1 N–H and O–H groups in total. The summed E-state index contributed by atoms with van der Waals surface area (Å²) in [7, 11) is 1.43. The van der Waals surface area contributed by atoms with E-state index in [0.29, 0.717) is 18.8 Å². The highest BCUT2D eigenvalue weighted by molar-refractivity contribution is 6.06. The number of hydrogen-bond donors (Lipinski definition) is 1. The number of benzene rings is 1. The van der Waals surface area contributed by atoms with E-state index >= 15 is 0 Å². The third-order valence-corrected chi connectivity index (χ3v) is 4.58. The number of alkyl halides is 3. The third-order valence-electron chi connectivity index (χ3n) is 4.58. The van der Waals surface area contributed by atoms with Gasteiger partial charge in [-0.05, 0) is 31.0 Å². The first-order valence-corrected chi connectivity index (χ1v) is 8.48. The van der Waals surface area contributed by atoms with Gasteiger partial charge < -0.3 is 15.1 Å². The minimum atomic E-state index is -4.55. The lowest BCUT2D eigenvalue weighted by Gasteiger charge is -2.23. The van der Waals surface area contributed by atoms with E-state index in [-0.39, 0.29) is 12.2 Å². The van der Waals surface area contributed by atoms with Gasteiger partial charge in [-0.3, -0.25) is 14.5 Å². The lowest BCUT2D eigenvalue weighted by atomic mass is 10.1. The highest BCUT2D eigenvalue weighted by Gasteiger charge is 2.35. The summed E-state index contributed by atoms with van der Waals surface area (Å²) in [5.74, 6) is -1.26. The fraction of sp³-hybridized carbons (Fsp3) is 0.471. The topological polar surface area (TPSA) is 73.0 Å². The van der Waals surface area contributed by atoms with E-state index in [1.807, 2.05) is 4.90 Å². The summed E-state index contributed by atoms with van der Waals surface area (Å²) in [6.07, 6.45) is -2.72. The molecule has 3 rings (SSSR count). The molecule has 2 saturated heterocycles. The van der Waals surface area contributed by atoms with Crippen LogP contribution in [0.15, 0.2) is 18.2 Å². The van der Waals surface area contributed by atoms with Crippen LogP contribution in [0.25, 0.3) is 0 Å². The zero-order valence-electron chi connectivity index (χ0n) is 14.7. The van der Waals surface area contributed by atoms with Gasteiger partial charge in [0.1, 0.15) is 13.1 Å². The Kier molecular flexibility index (Phi) is 4.99. The summed E-state index contributed by atoms with van der Waals surface area (Å²) in [5.41, 5.74) is -0.372. The minimum Gasteiger partial charge on any atom is -0.370 e. The molecular formula is C17H19F3N4O3. The van der Waals surface area contributed by atoms with Crippen molar-refractivity contribution in [2.24, 2.45) is 0 Å². The Morgan fingerprint density at radius 1 is 1.19 bits per heavy atom. The first-order chi connectivity index (χ1) is 12.7. The van der Waals surface area contributed by atoms with Crippen LogP contribution in [-0.4, -0.2) is 60.9 Å². The molecule has 10 heteroatoms. The molecule has 2 aliphatic heterocycles. The van der Waals surface area contributed by atoms with Gasteiger partial charge in [-0.25, -0.2) is 4.79 Å². The number of carbonyl (C=O) groups excluding carboxylic acids is 3. The van der Waals surface area contributed by atoms with Crippen LogP contribution in [-0.2, 0) is 15.8 Å². The molecule has 0 atom stereocenters. The Hall–Kier alpha value is -2.78. The number of hydrogen-bond acceptors (Lipinski definition) is 4. The maximum absolute atomic E-state index is 13.1. The van der Waals surface area contributed by atoms with Gasteiger partial charge in [0.25, 0.3) is 5.91 Å². The number of nitrogens with zero attached hydrogens (tertiary/aromatic N) is 3. The van der Waals surface area contributed by atoms with E-state index in [1.165, 1.54) is 13.1 Å². The predicted molar refractivity (Wildman–Crippen MR) is 91.3 cm³/mol. The summed E-state index contributed by atoms with van der Waals surface area (Å²) in [5, 5.41) is 2.44. The molecule has 0 spiro atoms. The van der Waals surface area contributed by atoms with Crippen molar-refractivity contribution in [3.63, 3.8) is 0 Å². The SMILES string of the molecule is CN1CC(=O)N(CC(=O)Nc2cc(C(F)(F)F)ccc2N2CCCC2)C1=O. The van der Waals surface area contributed by atoms with Gasteiger partial charge in [-0.1, -0.05) is 0 Å². The van der Waals surface area contributed by atoms with E-state index in [4.69, 9.17) is 0 Å². The molecular weight excluding hydrogens is 365 g/mol. The first-order valence-electron chi connectivity index (χ1n) is 8.48. The largest absolute Gasteiger partial charge is 0.416 e. The van der Waals surface area contributed by atoms with Crippen LogP contribution in [0, 0.1) is 0 Å². The van der Waals surface area contributed by atoms with Crippen molar-refractivity contribution in [2.75, 3.05) is 43.4 Å². The van der Waals surface area contributed by atoms with Crippen molar-refractivity contribution in [1.82, 2.24) is 9.80 Å². The average molecular weight is 384 g/mol. The summed E-state index contributed by atoms with van der Waals surface area (Å²) in [4.78, 5) is 39.8. The van der Waals surface area contributed by atoms with E-state index in [9.17, 15) is 27.6 Å². The summed E-state index contributed by atoms with van der Waals surface area (Å²) in [6, 6.07) is 2.58. The van der Waals surface area contributed by atoms with Crippen LogP contribution in [0.4, 0.5) is 29.3 Å². The lowest BCUT2D eigenvalue weighted by molar-refractivity contribution is -0.137. The zero-order valence-corrected chi connectivity index (χ0v) is 14.7. The molecule has 0 bridgehead atoms. The lowest BCUT2D eigenvalue weighted by Crippen LogP contribution is -2.38. The minimum absolute atomic E-state index is 0.0178. The van der Waals surface area contributed by atoms with E-state index < -0.39 is 36.1 Å². The number of nitrogens with one attached hydrogen (secondary N) is 1. The van der Waals surface area contributed by atoms with Crippen molar-refractivity contribution in [3.05, 3.63) is 23.8 Å². The maximum Gasteiger partial charge on any atom is 0.416 e. The standard InChI is InChI=1S/C17H19F3N4O3/c1-22-10-15(26)24(16(22)27)9-14(25)21-12-8-11(17(18,19)20)4-5-13(12)23-6-2-3-7-23/h4-5,8H,2-3,6-7,9-10H2,1H3,(H,21,25). The van der Waals surface area contributed by atoms with Crippen LogP contribution in [0.1, 0.15) is 18.4 Å². The third kappa shape index (κ3) is 3.99. The van der Waals surface area contributed by atoms with E-state index in [2.05, 4.69) is 5.32 Å². The van der Waals surface area contributed by atoms with Crippen molar-refractivity contribution in [2.45, 2.75) is 19.0 Å². The quantitative estimate of drug-likeness (QED) is 0.808. The molecule has 0 aliphatic carbocycles. The van der Waals surface area contributed by atoms with Gasteiger partial charge in [0.15, 0.2) is 0 Å². The molecule has 2 aliphatic rings. The zero-order chi connectivity index (χ0) is 19.8. The molecule has 0 radical (unpaired) electrons. The Balaban J connectivity index is 1.82. The molecule has 2 heterocycles. The van der Waals surface area contributed by atoms with Crippen LogP contribution >= 0.6 is 0 Å². The van der Waals surface area contributed by atoms with Gasteiger partial charge in [-0.15, -0.1) is 0 Å². The molecule has 27 heavy (non-hydrogen) atoms. The molecule has 1 aromatic carbocycles.